The molecule has 0 N–H and O–H groups in total. The Kier molecular flexibility index (Phi) is 5.53. The van der Waals surface area contributed by atoms with Crippen molar-refractivity contribution in [1.82, 2.24) is 0 Å². The summed E-state index contributed by atoms with van der Waals surface area (Å²) in [6, 6.07) is 20.6. The zero-order valence-electron chi connectivity index (χ0n) is 13.2. The number of hydrogen-bond donors (Lipinski definition) is 0. The SMILES string of the molecule is C[SiH](C)OC(O[SiH](C)C)(c1ccccc1)c1ccccc1. The van der Waals surface area contributed by atoms with Crippen LogP contribution in [0.3, 0.4) is 0 Å². The minimum atomic E-state index is -1.30. The quantitative estimate of drug-likeness (QED) is 0.594. The van der Waals surface area contributed by atoms with E-state index in [-0.39, 0.29) is 0 Å². The van der Waals surface area contributed by atoms with Gasteiger partial charge in [0.25, 0.3) is 0 Å². The van der Waals surface area contributed by atoms with Gasteiger partial charge in [-0.3, -0.25) is 0 Å². The van der Waals surface area contributed by atoms with E-state index in [0.717, 1.165) is 11.1 Å². The van der Waals surface area contributed by atoms with E-state index in [4.69, 9.17) is 8.85 Å². The zero-order valence-corrected chi connectivity index (χ0v) is 15.6. The molecule has 2 aromatic rings. The minimum absolute atomic E-state index is 0.747. The zero-order chi connectivity index (χ0) is 15.3. The van der Waals surface area contributed by atoms with Crippen LogP contribution >= 0.6 is 0 Å². The first-order chi connectivity index (χ1) is 10.0. The third-order valence-corrected chi connectivity index (χ3v) is 4.72. The standard InChI is InChI=1S/C17H24O2Si2/c1-20(2)18-17(19-21(3)4,15-11-7-5-8-12-15)16-13-9-6-10-14-16/h5-14,20-21H,1-4H3. The Bertz CT molecular complexity index is 490. The van der Waals surface area contributed by atoms with Crippen molar-refractivity contribution in [2.24, 2.45) is 0 Å². The van der Waals surface area contributed by atoms with Gasteiger partial charge in [0.15, 0.2) is 18.1 Å². The maximum Gasteiger partial charge on any atom is 0.203 e. The largest absolute Gasteiger partial charge is 0.387 e. The molecule has 0 atom stereocenters. The van der Waals surface area contributed by atoms with E-state index in [1.807, 2.05) is 36.4 Å². The Balaban J connectivity index is 2.59. The molecule has 0 radical (unpaired) electrons. The van der Waals surface area contributed by atoms with Crippen LogP contribution in [-0.2, 0) is 14.6 Å². The summed E-state index contributed by atoms with van der Waals surface area (Å²) in [4.78, 5) is 0. The second-order valence-electron chi connectivity index (χ2n) is 5.68. The Labute approximate surface area is 131 Å². The average molecular weight is 317 g/mol. The van der Waals surface area contributed by atoms with E-state index in [0.29, 0.717) is 0 Å². The van der Waals surface area contributed by atoms with Crippen molar-refractivity contribution in [2.75, 3.05) is 0 Å². The summed E-state index contributed by atoms with van der Waals surface area (Å²) in [5.41, 5.74) is 2.16. The fourth-order valence-corrected chi connectivity index (χ4v) is 4.54. The van der Waals surface area contributed by atoms with Crippen molar-refractivity contribution in [2.45, 2.75) is 32.0 Å². The van der Waals surface area contributed by atoms with Crippen LogP contribution in [0.5, 0.6) is 0 Å². The molecule has 0 unspecified atom stereocenters. The van der Waals surface area contributed by atoms with Gasteiger partial charge in [0.1, 0.15) is 0 Å². The van der Waals surface area contributed by atoms with Crippen LogP contribution in [0.25, 0.3) is 0 Å². The van der Waals surface area contributed by atoms with Gasteiger partial charge in [0, 0.05) is 11.1 Å². The van der Waals surface area contributed by atoms with Gasteiger partial charge in [-0.15, -0.1) is 0 Å². The first kappa shape index (κ1) is 16.2. The highest BCUT2D eigenvalue weighted by Crippen LogP contribution is 2.36. The van der Waals surface area contributed by atoms with Crippen molar-refractivity contribution < 1.29 is 8.85 Å². The smallest absolute Gasteiger partial charge is 0.203 e. The van der Waals surface area contributed by atoms with E-state index in [2.05, 4.69) is 50.5 Å². The molecule has 0 amide bonds. The van der Waals surface area contributed by atoms with Crippen molar-refractivity contribution in [1.29, 1.82) is 0 Å². The third-order valence-electron chi connectivity index (χ3n) is 3.11. The molecule has 0 aliphatic heterocycles. The van der Waals surface area contributed by atoms with Crippen LogP contribution in [-0.4, -0.2) is 18.1 Å². The first-order valence-corrected chi connectivity index (χ1v) is 13.1. The van der Waals surface area contributed by atoms with Gasteiger partial charge in [0.05, 0.1) is 0 Å². The molecule has 0 aliphatic carbocycles. The van der Waals surface area contributed by atoms with Crippen LogP contribution in [0.2, 0.25) is 26.2 Å². The van der Waals surface area contributed by atoms with Gasteiger partial charge in [-0.1, -0.05) is 60.7 Å². The van der Waals surface area contributed by atoms with Gasteiger partial charge < -0.3 is 8.85 Å². The molecule has 0 fully saturated rings. The second kappa shape index (κ2) is 7.18. The second-order valence-corrected chi connectivity index (χ2v) is 10.3. The molecule has 0 aliphatic rings. The summed E-state index contributed by atoms with van der Waals surface area (Å²) >= 11 is 0. The molecular formula is C17H24O2Si2. The summed E-state index contributed by atoms with van der Waals surface area (Å²) in [6.07, 6.45) is 0. The van der Waals surface area contributed by atoms with Gasteiger partial charge >= 0.3 is 0 Å². The van der Waals surface area contributed by atoms with Gasteiger partial charge in [-0.25, -0.2) is 0 Å². The lowest BCUT2D eigenvalue weighted by Gasteiger charge is -2.38. The van der Waals surface area contributed by atoms with Crippen molar-refractivity contribution in [3.05, 3.63) is 71.8 Å². The summed E-state index contributed by atoms with van der Waals surface area (Å²) in [5.74, 6) is -0.747. The van der Waals surface area contributed by atoms with Crippen LogP contribution in [0.15, 0.2) is 60.7 Å². The van der Waals surface area contributed by atoms with Crippen LogP contribution < -0.4 is 0 Å². The lowest BCUT2D eigenvalue weighted by atomic mass is 9.98. The van der Waals surface area contributed by atoms with Crippen LogP contribution in [0.4, 0.5) is 0 Å². The summed E-state index contributed by atoms with van der Waals surface area (Å²) in [5, 5.41) is 0. The fourth-order valence-electron chi connectivity index (χ4n) is 2.45. The predicted molar refractivity (Wildman–Crippen MR) is 93.6 cm³/mol. The number of benzene rings is 2. The molecule has 0 spiro atoms. The highest BCUT2D eigenvalue weighted by Gasteiger charge is 2.38. The van der Waals surface area contributed by atoms with E-state index < -0.39 is 23.9 Å². The molecule has 0 aromatic heterocycles. The van der Waals surface area contributed by atoms with Crippen LogP contribution in [0, 0.1) is 0 Å². The maximum absolute atomic E-state index is 6.47. The maximum atomic E-state index is 6.47. The van der Waals surface area contributed by atoms with Crippen molar-refractivity contribution >= 4 is 18.1 Å². The predicted octanol–water partition coefficient (Wildman–Crippen LogP) is 3.89. The van der Waals surface area contributed by atoms with E-state index in [9.17, 15) is 0 Å². The van der Waals surface area contributed by atoms with Crippen molar-refractivity contribution in [3.8, 4) is 0 Å². The molecule has 21 heavy (non-hydrogen) atoms. The molecular weight excluding hydrogens is 292 g/mol. The Morgan fingerprint density at radius 2 is 0.952 bits per heavy atom. The molecule has 2 aromatic carbocycles. The van der Waals surface area contributed by atoms with Gasteiger partial charge in [-0.2, -0.15) is 0 Å². The minimum Gasteiger partial charge on any atom is -0.387 e. The van der Waals surface area contributed by atoms with E-state index in [1.165, 1.54) is 0 Å². The average Bonchev–Trinajstić information content (AvgIpc) is 2.47. The Morgan fingerprint density at radius 1 is 0.619 bits per heavy atom. The van der Waals surface area contributed by atoms with Gasteiger partial charge in [0.2, 0.25) is 5.79 Å². The third kappa shape index (κ3) is 3.92. The molecule has 112 valence electrons. The monoisotopic (exact) mass is 316 g/mol. The Hall–Kier alpha value is -1.21. The first-order valence-electron chi connectivity index (χ1n) is 7.51. The molecule has 0 saturated carbocycles. The topological polar surface area (TPSA) is 18.5 Å². The van der Waals surface area contributed by atoms with Crippen LogP contribution in [0.1, 0.15) is 11.1 Å². The van der Waals surface area contributed by atoms with Gasteiger partial charge in [-0.05, 0) is 26.2 Å². The molecule has 0 bridgehead atoms. The summed E-state index contributed by atoms with van der Waals surface area (Å²) < 4.78 is 12.9. The van der Waals surface area contributed by atoms with E-state index in [1.54, 1.807) is 0 Å². The molecule has 0 saturated heterocycles. The summed E-state index contributed by atoms with van der Waals surface area (Å²) in [6.45, 7) is 8.75. The molecule has 4 heteroatoms. The summed E-state index contributed by atoms with van der Waals surface area (Å²) in [7, 11) is -2.59. The van der Waals surface area contributed by atoms with Crippen molar-refractivity contribution in [3.63, 3.8) is 0 Å². The lowest BCUT2D eigenvalue weighted by molar-refractivity contribution is -0.0895. The number of hydrogen-bond acceptors (Lipinski definition) is 2. The fraction of sp³-hybridized carbons (Fsp3) is 0.294. The lowest BCUT2D eigenvalue weighted by Crippen LogP contribution is -2.41. The molecule has 2 rings (SSSR count). The molecule has 2 nitrogen and oxygen atoms in total. The van der Waals surface area contributed by atoms with E-state index >= 15 is 0 Å². The normalized spacial score (nSPS) is 12.1. The number of rotatable bonds is 6. The molecule has 0 heterocycles. The Morgan fingerprint density at radius 3 is 1.24 bits per heavy atom. The highest BCUT2D eigenvalue weighted by molar-refractivity contribution is 6.49. The highest BCUT2D eigenvalue weighted by atomic mass is 28.3.